The van der Waals surface area contributed by atoms with Crippen molar-refractivity contribution in [2.45, 2.75) is 37.8 Å². The average molecular weight is 426 g/mol. The summed E-state index contributed by atoms with van der Waals surface area (Å²) in [4.78, 5) is 25.6. The molecular formula is C18H20BrNO4S. The van der Waals surface area contributed by atoms with Crippen LogP contribution >= 0.6 is 27.7 Å². The third-order valence-corrected chi connectivity index (χ3v) is 5.51. The van der Waals surface area contributed by atoms with Gasteiger partial charge in [-0.3, -0.25) is 4.79 Å². The van der Waals surface area contributed by atoms with Crippen LogP contribution in [0.15, 0.2) is 26.4 Å². The average Bonchev–Trinajstić information content (AvgIpc) is 3.41. The zero-order chi connectivity index (χ0) is 18.1. The molecule has 1 aliphatic rings. The molecule has 0 spiro atoms. The van der Waals surface area contributed by atoms with Crippen molar-refractivity contribution in [3.05, 3.63) is 32.4 Å². The Labute approximate surface area is 158 Å². The number of rotatable bonds is 6. The highest BCUT2D eigenvalue weighted by Gasteiger charge is 2.33. The number of hydrogen-bond acceptors (Lipinski definition) is 5. The molecule has 0 aliphatic heterocycles. The van der Waals surface area contributed by atoms with Crippen molar-refractivity contribution in [3.8, 4) is 5.75 Å². The van der Waals surface area contributed by atoms with Crippen LogP contribution in [0.5, 0.6) is 5.75 Å². The van der Waals surface area contributed by atoms with E-state index in [1.807, 2.05) is 13.2 Å². The van der Waals surface area contributed by atoms with Gasteiger partial charge in [-0.25, -0.2) is 4.79 Å². The quantitative estimate of drug-likeness (QED) is 0.507. The van der Waals surface area contributed by atoms with Gasteiger partial charge in [0.1, 0.15) is 5.56 Å². The fourth-order valence-corrected chi connectivity index (χ4v) is 4.22. The lowest BCUT2D eigenvalue weighted by Gasteiger charge is -2.21. The van der Waals surface area contributed by atoms with Crippen molar-refractivity contribution in [3.63, 3.8) is 0 Å². The third kappa shape index (κ3) is 3.19. The molecule has 1 aromatic carbocycles. The van der Waals surface area contributed by atoms with Crippen LogP contribution < -0.4 is 10.2 Å². The highest BCUT2D eigenvalue weighted by Crippen LogP contribution is 2.44. The van der Waals surface area contributed by atoms with Gasteiger partial charge in [-0.1, -0.05) is 0 Å². The number of pyridine rings is 1. The van der Waals surface area contributed by atoms with Gasteiger partial charge in [-0.15, -0.1) is 11.8 Å². The SMILES string of the molecule is CCOC(=O)c1c(SC)n(C2CC2)c2c(OCC)c(Br)ccc2c1=O. The van der Waals surface area contributed by atoms with Crippen molar-refractivity contribution in [1.82, 2.24) is 4.57 Å². The Kier molecular flexibility index (Phi) is 5.43. The molecule has 0 bridgehead atoms. The number of ether oxygens (including phenoxy) is 2. The molecule has 0 radical (unpaired) electrons. The third-order valence-electron chi connectivity index (χ3n) is 4.10. The van der Waals surface area contributed by atoms with E-state index in [-0.39, 0.29) is 23.6 Å². The molecule has 0 amide bonds. The molecule has 3 rings (SSSR count). The minimum absolute atomic E-state index is 0.124. The van der Waals surface area contributed by atoms with Crippen molar-refractivity contribution >= 4 is 44.6 Å². The van der Waals surface area contributed by atoms with Crippen LogP contribution in [0.2, 0.25) is 0 Å². The number of aromatic nitrogens is 1. The molecule has 1 aromatic heterocycles. The van der Waals surface area contributed by atoms with Crippen LogP contribution in [0.1, 0.15) is 43.1 Å². The van der Waals surface area contributed by atoms with Gasteiger partial charge >= 0.3 is 5.97 Å². The zero-order valence-electron chi connectivity index (χ0n) is 14.4. The van der Waals surface area contributed by atoms with Crippen LogP contribution in [-0.4, -0.2) is 30.0 Å². The van der Waals surface area contributed by atoms with Gasteiger partial charge in [0, 0.05) is 6.04 Å². The van der Waals surface area contributed by atoms with Crippen molar-refractivity contribution in [1.29, 1.82) is 0 Å². The first-order valence-electron chi connectivity index (χ1n) is 8.29. The number of hydrogen-bond donors (Lipinski definition) is 0. The molecule has 1 aliphatic carbocycles. The Morgan fingerprint density at radius 3 is 2.60 bits per heavy atom. The van der Waals surface area contributed by atoms with Gasteiger partial charge in [0.25, 0.3) is 0 Å². The number of nitrogens with zero attached hydrogens (tertiary/aromatic N) is 1. The second kappa shape index (κ2) is 7.41. The van der Waals surface area contributed by atoms with Crippen LogP contribution in [0.3, 0.4) is 0 Å². The summed E-state index contributed by atoms with van der Waals surface area (Å²) >= 11 is 4.92. The van der Waals surface area contributed by atoms with Crippen molar-refractivity contribution in [2.75, 3.05) is 19.5 Å². The molecular weight excluding hydrogens is 406 g/mol. The van der Waals surface area contributed by atoms with E-state index in [1.54, 1.807) is 19.1 Å². The first-order chi connectivity index (χ1) is 12.0. The number of halogens is 1. The summed E-state index contributed by atoms with van der Waals surface area (Å²) in [7, 11) is 0. The fraction of sp³-hybridized carbons (Fsp3) is 0.444. The van der Waals surface area contributed by atoms with Gasteiger partial charge in [0.2, 0.25) is 5.43 Å². The summed E-state index contributed by atoms with van der Waals surface area (Å²) in [6, 6.07) is 3.81. The van der Waals surface area contributed by atoms with Gasteiger partial charge in [0.15, 0.2) is 5.75 Å². The van der Waals surface area contributed by atoms with Crippen LogP contribution in [0.25, 0.3) is 10.9 Å². The lowest BCUT2D eigenvalue weighted by molar-refractivity contribution is 0.0519. The summed E-state index contributed by atoms with van der Waals surface area (Å²) in [5.41, 5.74) is 0.572. The zero-order valence-corrected chi connectivity index (χ0v) is 16.8. The fourth-order valence-electron chi connectivity index (χ4n) is 2.97. The Bertz CT molecular complexity index is 889. The summed E-state index contributed by atoms with van der Waals surface area (Å²) in [5.74, 6) is 0.0868. The maximum atomic E-state index is 13.1. The predicted octanol–water partition coefficient (Wildman–Crippen LogP) is 4.40. The Hall–Kier alpha value is -1.47. The van der Waals surface area contributed by atoms with E-state index < -0.39 is 5.97 Å². The molecule has 1 fully saturated rings. The van der Waals surface area contributed by atoms with E-state index in [0.29, 0.717) is 22.8 Å². The van der Waals surface area contributed by atoms with E-state index in [4.69, 9.17) is 9.47 Å². The van der Waals surface area contributed by atoms with Crippen LogP contribution in [0.4, 0.5) is 0 Å². The maximum absolute atomic E-state index is 13.1. The molecule has 2 aromatic rings. The van der Waals surface area contributed by atoms with Gasteiger partial charge in [-0.2, -0.15) is 0 Å². The molecule has 5 nitrogen and oxygen atoms in total. The predicted molar refractivity (Wildman–Crippen MR) is 103 cm³/mol. The van der Waals surface area contributed by atoms with Gasteiger partial charge in [-0.05, 0) is 61.0 Å². The van der Waals surface area contributed by atoms with E-state index in [9.17, 15) is 9.59 Å². The first kappa shape index (κ1) is 18.3. The summed E-state index contributed by atoms with van der Waals surface area (Å²) in [5, 5.41) is 1.14. The molecule has 0 atom stereocenters. The minimum atomic E-state index is -0.561. The molecule has 134 valence electrons. The van der Waals surface area contributed by atoms with Crippen LogP contribution in [0, 0.1) is 0 Å². The molecule has 1 heterocycles. The highest BCUT2D eigenvalue weighted by molar-refractivity contribution is 9.10. The first-order valence-corrected chi connectivity index (χ1v) is 10.3. The molecule has 1 saturated carbocycles. The van der Waals surface area contributed by atoms with E-state index in [0.717, 1.165) is 22.8 Å². The number of esters is 1. The summed E-state index contributed by atoms with van der Waals surface area (Å²) in [6.07, 6.45) is 3.91. The molecule has 25 heavy (non-hydrogen) atoms. The second-order valence-electron chi connectivity index (χ2n) is 5.74. The topological polar surface area (TPSA) is 57.5 Å². The number of benzene rings is 1. The number of thioether (sulfide) groups is 1. The van der Waals surface area contributed by atoms with Gasteiger partial charge in [0.05, 0.1) is 33.6 Å². The van der Waals surface area contributed by atoms with E-state index in [2.05, 4.69) is 20.5 Å². The highest BCUT2D eigenvalue weighted by atomic mass is 79.9. The number of fused-ring (bicyclic) bond motifs is 1. The molecule has 0 saturated heterocycles. The van der Waals surface area contributed by atoms with Crippen molar-refractivity contribution < 1.29 is 14.3 Å². The largest absolute Gasteiger partial charge is 0.490 e. The van der Waals surface area contributed by atoms with Crippen LogP contribution in [-0.2, 0) is 4.74 Å². The Morgan fingerprint density at radius 1 is 1.32 bits per heavy atom. The smallest absolute Gasteiger partial charge is 0.344 e. The number of carbonyl (C=O) groups excluding carboxylic acids is 1. The molecule has 0 N–H and O–H groups in total. The van der Waals surface area contributed by atoms with E-state index in [1.165, 1.54) is 11.8 Å². The normalized spacial score (nSPS) is 13.9. The minimum Gasteiger partial charge on any atom is -0.490 e. The van der Waals surface area contributed by atoms with E-state index >= 15 is 0 Å². The summed E-state index contributed by atoms with van der Waals surface area (Å²) in [6.45, 7) is 4.37. The Balaban J connectivity index is 2.45. The second-order valence-corrected chi connectivity index (χ2v) is 7.39. The summed E-state index contributed by atoms with van der Waals surface area (Å²) < 4.78 is 13.9. The maximum Gasteiger partial charge on any atom is 0.344 e. The standard InChI is InChI=1S/C18H20BrNO4S/c1-4-23-16-12(19)9-8-11-14(16)20(10-6-7-10)17(25-3)13(15(11)21)18(22)24-5-2/h8-10H,4-7H2,1-3H3. The van der Waals surface area contributed by atoms with Gasteiger partial charge < -0.3 is 14.0 Å². The number of carbonyl (C=O) groups is 1. The molecule has 0 unspecified atom stereocenters. The monoisotopic (exact) mass is 425 g/mol. The Morgan fingerprint density at radius 2 is 2.04 bits per heavy atom. The molecule has 7 heteroatoms. The lowest BCUT2D eigenvalue weighted by Crippen LogP contribution is -2.24. The van der Waals surface area contributed by atoms with Crippen molar-refractivity contribution in [2.24, 2.45) is 0 Å². The lowest BCUT2D eigenvalue weighted by atomic mass is 10.1.